The molecular weight excluding hydrogens is 505 g/mol. The molecule has 1 aliphatic carbocycles. The number of para-hydroxylation sites is 1. The Morgan fingerprint density at radius 2 is 1.72 bits per heavy atom. The molecular formula is C30H35F3N4O2. The molecule has 9 heteroatoms. The molecule has 1 atom stereocenters. The van der Waals surface area contributed by atoms with Crippen molar-refractivity contribution < 1.29 is 22.8 Å². The fraction of sp³-hybridized carbons (Fsp3) is 0.467. The second kappa shape index (κ2) is 11.4. The van der Waals surface area contributed by atoms with Gasteiger partial charge in [-0.3, -0.25) is 9.59 Å². The van der Waals surface area contributed by atoms with Gasteiger partial charge >= 0.3 is 0 Å². The summed E-state index contributed by atoms with van der Waals surface area (Å²) in [6.07, 6.45) is 8.16. The van der Waals surface area contributed by atoms with Crippen LogP contribution in [0, 0.1) is 23.4 Å². The number of piperidine rings is 1. The lowest BCUT2D eigenvalue weighted by atomic mass is 9.75. The van der Waals surface area contributed by atoms with E-state index in [-0.39, 0.29) is 29.8 Å². The summed E-state index contributed by atoms with van der Waals surface area (Å²) in [4.78, 5) is 26.4. The van der Waals surface area contributed by atoms with Crippen LogP contribution in [0.25, 0.3) is 6.08 Å². The Bertz CT molecular complexity index is 1230. The lowest BCUT2D eigenvalue weighted by molar-refractivity contribution is -0.128. The van der Waals surface area contributed by atoms with Gasteiger partial charge in [-0.05, 0) is 79.8 Å². The van der Waals surface area contributed by atoms with Gasteiger partial charge in [0.1, 0.15) is 0 Å². The van der Waals surface area contributed by atoms with Crippen LogP contribution in [0.5, 0.6) is 0 Å². The standard InChI is InChI=1S/C30H35F3N4O2/c31-24-15-19(16-25(32)29(24)33)5-10-28(39)37-13-11-30(12-14-37,17-27(34)38)36-21-8-6-20(7-9-21)23-18-35-26-4-2-1-3-22(23)26/h1-5,10,15-16,20-21,23,35-36H,6-9,11-14,17-18H2,(H2,34,38). The minimum atomic E-state index is -1.54. The van der Waals surface area contributed by atoms with Crippen LogP contribution in [0.3, 0.4) is 0 Å². The van der Waals surface area contributed by atoms with Crippen LogP contribution in [0.1, 0.15) is 62.0 Å². The van der Waals surface area contributed by atoms with Crippen molar-refractivity contribution in [3.8, 4) is 0 Å². The van der Waals surface area contributed by atoms with E-state index in [2.05, 4.69) is 34.9 Å². The number of anilines is 1. The van der Waals surface area contributed by atoms with E-state index in [0.717, 1.165) is 44.4 Å². The van der Waals surface area contributed by atoms with Crippen LogP contribution in [-0.4, -0.2) is 47.9 Å². The molecule has 0 radical (unpaired) electrons. The van der Waals surface area contributed by atoms with Gasteiger partial charge in [0, 0.05) is 55.3 Å². The fourth-order valence-corrected chi connectivity index (χ4v) is 6.64. The summed E-state index contributed by atoms with van der Waals surface area (Å²) in [5, 5.41) is 7.31. The van der Waals surface area contributed by atoms with Crippen LogP contribution >= 0.6 is 0 Å². The zero-order valence-corrected chi connectivity index (χ0v) is 21.9. The molecule has 0 aromatic heterocycles. The number of nitrogens with zero attached hydrogens (tertiary/aromatic N) is 1. The number of carbonyl (C=O) groups is 2. The number of fused-ring (bicyclic) bond motifs is 1. The molecule has 5 rings (SSSR count). The summed E-state index contributed by atoms with van der Waals surface area (Å²) in [5.41, 5.74) is 7.90. The highest BCUT2D eigenvalue weighted by Gasteiger charge is 2.40. The Labute approximate surface area is 226 Å². The largest absolute Gasteiger partial charge is 0.384 e. The minimum absolute atomic E-state index is 0.0639. The van der Waals surface area contributed by atoms with Crippen LogP contribution in [0.15, 0.2) is 42.5 Å². The first-order chi connectivity index (χ1) is 18.7. The number of primary amides is 1. The maximum atomic E-state index is 13.5. The van der Waals surface area contributed by atoms with E-state index in [0.29, 0.717) is 37.8 Å². The molecule has 2 aliphatic heterocycles. The number of benzene rings is 2. The lowest BCUT2D eigenvalue weighted by Crippen LogP contribution is -2.59. The number of likely N-dealkylation sites (tertiary alicyclic amines) is 1. The Kier molecular flexibility index (Phi) is 7.98. The third-order valence-corrected chi connectivity index (χ3v) is 8.69. The molecule has 39 heavy (non-hydrogen) atoms. The second-order valence-electron chi connectivity index (χ2n) is 11.2. The first kappa shape index (κ1) is 27.2. The van der Waals surface area contributed by atoms with Crippen molar-refractivity contribution in [3.63, 3.8) is 0 Å². The average molecular weight is 541 g/mol. The molecule has 0 spiro atoms. The monoisotopic (exact) mass is 540 g/mol. The van der Waals surface area contributed by atoms with E-state index in [1.165, 1.54) is 23.4 Å². The van der Waals surface area contributed by atoms with Crippen molar-refractivity contribution in [2.45, 2.75) is 62.4 Å². The van der Waals surface area contributed by atoms with Gasteiger partial charge in [-0.2, -0.15) is 0 Å². The number of halogens is 3. The van der Waals surface area contributed by atoms with Crippen LogP contribution in [0.2, 0.25) is 0 Å². The van der Waals surface area contributed by atoms with Gasteiger partial charge in [0.25, 0.3) is 0 Å². The molecule has 2 heterocycles. The number of amides is 2. The van der Waals surface area contributed by atoms with Crippen molar-refractivity contribution >= 4 is 23.6 Å². The van der Waals surface area contributed by atoms with E-state index >= 15 is 0 Å². The molecule has 208 valence electrons. The molecule has 3 aliphatic rings. The predicted octanol–water partition coefficient (Wildman–Crippen LogP) is 4.71. The Morgan fingerprint density at radius 1 is 1.05 bits per heavy atom. The molecule has 1 unspecified atom stereocenters. The van der Waals surface area contributed by atoms with E-state index < -0.39 is 23.0 Å². The lowest BCUT2D eigenvalue weighted by Gasteiger charge is -2.45. The zero-order chi connectivity index (χ0) is 27.6. The molecule has 4 N–H and O–H groups in total. The van der Waals surface area contributed by atoms with Gasteiger partial charge in [0.2, 0.25) is 11.8 Å². The number of rotatable bonds is 7. The first-order valence-electron chi connectivity index (χ1n) is 13.7. The van der Waals surface area contributed by atoms with Gasteiger partial charge in [-0.25, -0.2) is 13.2 Å². The number of carbonyl (C=O) groups excluding carboxylic acids is 2. The smallest absolute Gasteiger partial charge is 0.246 e. The summed E-state index contributed by atoms with van der Waals surface area (Å²) in [5.74, 6) is -3.67. The van der Waals surface area contributed by atoms with Gasteiger partial charge in [0.05, 0.1) is 0 Å². The highest BCUT2D eigenvalue weighted by molar-refractivity contribution is 5.91. The summed E-state index contributed by atoms with van der Waals surface area (Å²) in [6, 6.07) is 10.5. The summed E-state index contributed by atoms with van der Waals surface area (Å²) in [7, 11) is 0. The highest BCUT2D eigenvalue weighted by Crippen LogP contribution is 2.43. The Balaban J connectivity index is 1.16. The van der Waals surface area contributed by atoms with Crippen LogP contribution in [-0.2, 0) is 9.59 Å². The Hall–Kier alpha value is -3.33. The zero-order valence-electron chi connectivity index (χ0n) is 21.9. The van der Waals surface area contributed by atoms with E-state index in [1.807, 2.05) is 0 Å². The van der Waals surface area contributed by atoms with E-state index in [9.17, 15) is 22.8 Å². The molecule has 1 saturated heterocycles. The van der Waals surface area contributed by atoms with E-state index in [4.69, 9.17) is 5.73 Å². The third-order valence-electron chi connectivity index (χ3n) is 8.69. The van der Waals surface area contributed by atoms with Gasteiger partial charge in [-0.1, -0.05) is 18.2 Å². The average Bonchev–Trinajstić information content (AvgIpc) is 3.35. The topological polar surface area (TPSA) is 87.5 Å². The van der Waals surface area contributed by atoms with E-state index in [1.54, 1.807) is 4.90 Å². The molecule has 2 fully saturated rings. The van der Waals surface area contributed by atoms with Gasteiger partial charge < -0.3 is 21.3 Å². The summed E-state index contributed by atoms with van der Waals surface area (Å²) in [6.45, 7) is 1.84. The summed E-state index contributed by atoms with van der Waals surface area (Å²) >= 11 is 0. The third kappa shape index (κ3) is 6.13. The highest BCUT2D eigenvalue weighted by atomic mass is 19.2. The number of nitrogens with one attached hydrogen (secondary N) is 2. The molecule has 1 saturated carbocycles. The number of hydrogen-bond donors (Lipinski definition) is 3. The van der Waals surface area contributed by atoms with Crippen molar-refractivity contribution in [2.24, 2.45) is 11.7 Å². The predicted molar refractivity (Wildman–Crippen MR) is 144 cm³/mol. The van der Waals surface area contributed by atoms with Crippen molar-refractivity contribution in [3.05, 3.63) is 71.1 Å². The molecule has 2 amide bonds. The quantitative estimate of drug-likeness (QED) is 0.351. The minimum Gasteiger partial charge on any atom is -0.384 e. The molecule has 2 aromatic rings. The first-order valence-corrected chi connectivity index (χ1v) is 13.7. The van der Waals surface area contributed by atoms with Crippen molar-refractivity contribution in [1.29, 1.82) is 0 Å². The second-order valence-corrected chi connectivity index (χ2v) is 11.2. The molecule has 6 nitrogen and oxygen atoms in total. The number of hydrogen-bond acceptors (Lipinski definition) is 4. The normalized spacial score (nSPS) is 24.4. The van der Waals surface area contributed by atoms with Crippen LogP contribution in [0.4, 0.5) is 18.9 Å². The molecule has 2 aromatic carbocycles. The van der Waals surface area contributed by atoms with Crippen molar-refractivity contribution in [2.75, 3.05) is 25.0 Å². The molecule has 0 bridgehead atoms. The Morgan fingerprint density at radius 3 is 2.38 bits per heavy atom. The maximum Gasteiger partial charge on any atom is 0.246 e. The SMILES string of the molecule is NC(=O)CC1(NC2CCC(C3CNc4ccccc43)CC2)CCN(C(=O)C=Cc2cc(F)c(F)c(F)c2)CC1. The number of nitrogens with two attached hydrogens (primary N) is 1. The summed E-state index contributed by atoms with van der Waals surface area (Å²) < 4.78 is 40.1. The van der Waals surface area contributed by atoms with Crippen LogP contribution < -0.4 is 16.4 Å². The fourth-order valence-electron chi connectivity index (χ4n) is 6.64. The maximum absolute atomic E-state index is 13.5. The van der Waals surface area contributed by atoms with Gasteiger partial charge in [-0.15, -0.1) is 0 Å². The van der Waals surface area contributed by atoms with Crippen molar-refractivity contribution in [1.82, 2.24) is 10.2 Å². The van der Waals surface area contributed by atoms with Gasteiger partial charge in [0.15, 0.2) is 17.5 Å².